The normalized spacial score (nSPS) is 10.4. The summed E-state index contributed by atoms with van der Waals surface area (Å²) in [6, 6.07) is 8.48. The van der Waals surface area contributed by atoms with Crippen molar-refractivity contribution < 1.29 is 0 Å². The topological polar surface area (TPSA) is 41.9 Å². The van der Waals surface area contributed by atoms with E-state index in [9.17, 15) is 0 Å². The Hall–Kier alpha value is -1.88. The van der Waals surface area contributed by atoms with Gasteiger partial charge in [0.2, 0.25) is 0 Å². The van der Waals surface area contributed by atoms with E-state index in [0.717, 1.165) is 31.6 Å². The summed E-state index contributed by atoms with van der Waals surface area (Å²) in [5, 5.41) is 11.3. The third-order valence-electron chi connectivity index (χ3n) is 3.17. The molecule has 0 bridgehead atoms. The van der Waals surface area contributed by atoms with Gasteiger partial charge in [0.1, 0.15) is 0 Å². The van der Waals surface area contributed by atoms with Crippen molar-refractivity contribution in [2.75, 3.05) is 11.9 Å². The third kappa shape index (κ3) is 5.19. The van der Waals surface area contributed by atoms with Crippen LogP contribution in [0.2, 0.25) is 0 Å². The van der Waals surface area contributed by atoms with Crippen molar-refractivity contribution in [2.45, 2.75) is 33.2 Å². The molecule has 112 valence electrons. The molecule has 5 heteroatoms. The Bertz CT molecular complexity index is 574. The Morgan fingerprint density at radius 3 is 2.76 bits per heavy atom. The zero-order chi connectivity index (χ0) is 15.1. The first-order valence-electron chi connectivity index (χ1n) is 7.30. The van der Waals surface area contributed by atoms with Gasteiger partial charge >= 0.3 is 0 Å². The Morgan fingerprint density at radius 1 is 1.29 bits per heavy atom. The zero-order valence-electron chi connectivity index (χ0n) is 12.6. The van der Waals surface area contributed by atoms with Gasteiger partial charge in [-0.15, -0.1) is 0 Å². The molecule has 1 aromatic carbocycles. The largest absolute Gasteiger partial charge is 0.362 e. The number of hydrogen-bond donors (Lipinski definition) is 2. The number of aryl methyl sites for hydroxylation is 1. The monoisotopic (exact) mass is 302 g/mol. The fraction of sp³-hybridized carbons (Fsp3) is 0.375. The minimum Gasteiger partial charge on any atom is -0.362 e. The van der Waals surface area contributed by atoms with Gasteiger partial charge in [-0.2, -0.15) is 5.10 Å². The first-order valence-corrected chi connectivity index (χ1v) is 7.71. The van der Waals surface area contributed by atoms with Crippen LogP contribution in [-0.4, -0.2) is 21.4 Å². The number of anilines is 1. The van der Waals surface area contributed by atoms with Gasteiger partial charge in [0.15, 0.2) is 5.11 Å². The summed E-state index contributed by atoms with van der Waals surface area (Å²) >= 11 is 5.24. The van der Waals surface area contributed by atoms with Gasteiger partial charge in [0.05, 0.1) is 18.4 Å². The van der Waals surface area contributed by atoms with E-state index in [-0.39, 0.29) is 0 Å². The lowest BCUT2D eigenvalue weighted by atomic mass is 10.1. The first kappa shape index (κ1) is 15.5. The SMILES string of the molecule is CCCCNC(=S)Nc1cnn(Cc2ccc(C)cc2)c1. The van der Waals surface area contributed by atoms with Crippen LogP contribution < -0.4 is 10.6 Å². The number of aromatic nitrogens is 2. The zero-order valence-corrected chi connectivity index (χ0v) is 13.4. The molecule has 0 radical (unpaired) electrons. The second-order valence-corrected chi connectivity index (χ2v) is 5.55. The molecule has 0 aliphatic carbocycles. The van der Waals surface area contributed by atoms with Crippen LogP contribution in [-0.2, 0) is 6.54 Å². The van der Waals surface area contributed by atoms with Crippen LogP contribution in [0.4, 0.5) is 5.69 Å². The molecule has 2 N–H and O–H groups in total. The number of benzene rings is 1. The Morgan fingerprint density at radius 2 is 2.05 bits per heavy atom. The summed E-state index contributed by atoms with van der Waals surface area (Å²) in [5.74, 6) is 0. The highest BCUT2D eigenvalue weighted by atomic mass is 32.1. The van der Waals surface area contributed by atoms with Crippen LogP contribution in [0.1, 0.15) is 30.9 Å². The molecule has 0 unspecified atom stereocenters. The van der Waals surface area contributed by atoms with E-state index >= 15 is 0 Å². The van der Waals surface area contributed by atoms with E-state index < -0.39 is 0 Å². The van der Waals surface area contributed by atoms with E-state index in [4.69, 9.17) is 12.2 Å². The van der Waals surface area contributed by atoms with E-state index in [0.29, 0.717) is 5.11 Å². The van der Waals surface area contributed by atoms with Crippen LogP contribution in [0.25, 0.3) is 0 Å². The van der Waals surface area contributed by atoms with Crippen molar-refractivity contribution in [3.8, 4) is 0 Å². The highest BCUT2D eigenvalue weighted by Crippen LogP contribution is 2.09. The van der Waals surface area contributed by atoms with E-state index in [1.165, 1.54) is 11.1 Å². The number of nitrogens with one attached hydrogen (secondary N) is 2. The van der Waals surface area contributed by atoms with Crippen molar-refractivity contribution in [1.29, 1.82) is 0 Å². The molecule has 0 saturated carbocycles. The molecule has 0 aliphatic heterocycles. The van der Waals surface area contributed by atoms with Gasteiger partial charge in [0.25, 0.3) is 0 Å². The van der Waals surface area contributed by atoms with E-state index in [2.05, 4.69) is 53.8 Å². The molecule has 0 aliphatic rings. The van der Waals surface area contributed by atoms with Crippen molar-refractivity contribution in [1.82, 2.24) is 15.1 Å². The molecule has 1 aromatic heterocycles. The van der Waals surface area contributed by atoms with Gasteiger partial charge < -0.3 is 10.6 Å². The third-order valence-corrected chi connectivity index (χ3v) is 3.42. The number of thiocarbonyl (C=S) groups is 1. The van der Waals surface area contributed by atoms with Crippen LogP contribution in [0.15, 0.2) is 36.7 Å². The minimum absolute atomic E-state index is 0.651. The number of hydrogen-bond acceptors (Lipinski definition) is 2. The van der Waals surface area contributed by atoms with E-state index in [1.54, 1.807) is 6.20 Å². The van der Waals surface area contributed by atoms with Crippen molar-refractivity contribution in [2.24, 2.45) is 0 Å². The lowest BCUT2D eigenvalue weighted by Gasteiger charge is -2.07. The van der Waals surface area contributed by atoms with Crippen molar-refractivity contribution >= 4 is 23.0 Å². The summed E-state index contributed by atoms with van der Waals surface area (Å²) in [5.41, 5.74) is 3.42. The highest BCUT2D eigenvalue weighted by Gasteiger charge is 2.02. The van der Waals surface area contributed by atoms with E-state index in [1.807, 2.05) is 10.9 Å². The molecule has 21 heavy (non-hydrogen) atoms. The predicted octanol–water partition coefficient (Wildman–Crippen LogP) is 3.33. The summed E-state index contributed by atoms with van der Waals surface area (Å²) in [4.78, 5) is 0. The standard InChI is InChI=1S/C16H22N4S/c1-3-4-9-17-16(21)19-15-10-18-20(12-15)11-14-7-5-13(2)6-8-14/h5-8,10,12H,3-4,9,11H2,1-2H3,(H2,17,19,21). The molecular weight excluding hydrogens is 280 g/mol. The van der Waals surface area contributed by atoms with Gasteiger partial charge in [-0.3, -0.25) is 4.68 Å². The molecule has 2 rings (SSSR count). The van der Waals surface area contributed by atoms with Gasteiger partial charge in [-0.1, -0.05) is 43.2 Å². The highest BCUT2D eigenvalue weighted by molar-refractivity contribution is 7.80. The summed E-state index contributed by atoms with van der Waals surface area (Å²) in [7, 11) is 0. The molecule has 0 atom stereocenters. The Balaban J connectivity index is 1.86. The molecular formula is C16H22N4S. The summed E-state index contributed by atoms with van der Waals surface area (Å²) < 4.78 is 1.90. The van der Waals surface area contributed by atoms with Crippen molar-refractivity contribution in [3.05, 3.63) is 47.8 Å². The second-order valence-electron chi connectivity index (χ2n) is 5.15. The van der Waals surface area contributed by atoms with Crippen molar-refractivity contribution in [3.63, 3.8) is 0 Å². The first-order chi connectivity index (χ1) is 10.2. The van der Waals surface area contributed by atoms with Gasteiger partial charge in [0, 0.05) is 12.7 Å². The molecule has 0 saturated heterocycles. The molecule has 0 amide bonds. The second kappa shape index (κ2) is 7.78. The molecule has 2 aromatic rings. The maximum absolute atomic E-state index is 5.24. The number of nitrogens with zero attached hydrogens (tertiary/aromatic N) is 2. The summed E-state index contributed by atoms with van der Waals surface area (Å²) in [6.45, 7) is 5.91. The maximum atomic E-state index is 5.24. The van der Waals surface area contributed by atoms with Gasteiger partial charge in [-0.25, -0.2) is 0 Å². The number of rotatable bonds is 6. The minimum atomic E-state index is 0.651. The smallest absolute Gasteiger partial charge is 0.170 e. The molecule has 0 fully saturated rings. The maximum Gasteiger partial charge on any atom is 0.170 e. The van der Waals surface area contributed by atoms with Crippen LogP contribution >= 0.6 is 12.2 Å². The Kier molecular flexibility index (Phi) is 5.75. The lowest BCUT2D eigenvalue weighted by Crippen LogP contribution is -2.28. The van der Waals surface area contributed by atoms with Crippen LogP contribution in [0.5, 0.6) is 0 Å². The Labute approximate surface area is 131 Å². The van der Waals surface area contributed by atoms with Crippen LogP contribution in [0.3, 0.4) is 0 Å². The summed E-state index contributed by atoms with van der Waals surface area (Å²) in [6.07, 6.45) is 6.04. The molecule has 1 heterocycles. The molecule has 4 nitrogen and oxygen atoms in total. The predicted molar refractivity (Wildman–Crippen MR) is 91.6 cm³/mol. The van der Waals surface area contributed by atoms with Gasteiger partial charge in [-0.05, 0) is 31.1 Å². The quantitative estimate of drug-likeness (QED) is 0.634. The number of unbranched alkanes of at least 4 members (excludes halogenated alkanes) is 1. The van der Waals surface area contributed by atoms with Crippen LogP contribution in [0, 0.1) is 6.92 Å². The average Bonchev–Trinajstić information content (AvgIpc) is 2.89. The average molecular weight is 302 g/mol. The molecule has 0 spiro atoms. The fourth-order valence-corrected chi connectivity index (χ4v) is 2.17. The fourth-order valence-electron chi connectivity index (χ4n) is 1.95. The lowest BCUT2D eigenvalue weighted by molar-refractivity contribution is 0.687.